The zero-order valence-electron chi connectivity index (χ0n) is 17.8. The van der Waals surface area contributed by atoms with E-state index in [0.29, 0.717) is 28.8 Å². The Morgan fingerprint density at radius 2 is 1.75 bits per heavy atom. The maximum absolute atomic E-state index is 12.7. The number of nitrogens with zero attached hydrogens (tertiary/aromatic N) is 4. The van der Waals surface area contributed by atoms with Crippen molar-refractivity contribution in [2.24, 2.45) is 14.1 Å². The van der Waals surface area contributed by atoms with Crippen molar-refractivity contribution in [1.82, 2.24) is 18.7 Å². The molecule has 4 rings (SSSR count). The number of carbonyl (C=O) groups excluding carboxylic acids is 1. The van der Waals surface area contributed by atoms with E-state index in [-0.39, 0.29) is 13.2 Å². The van der Waals surface area contributed by atoms with Crippen molar-refractivity contribution >= 4 is 28.5 Å². The van der Waals surface area contributed by atoms with Gasteiger partial charge < -0.3 is 14.6 Å². The zero-order valence-corrected chi connectivity index (χ0v) is 17.8. The lowest BCUT2D eigenvalue weighted by Gasteiger charge is -2.12. The molecule has 4 aromatic rings. The summed E-state index contributed by atoms with van der Waals surface area (Å²) < 4.78 is 9.48. The number of hydrogen-bond donors (Lipinski definition) is 1. The molecule has 0 spiro atoms. The van der Waals surface area contributed by atoms with Gasteiger partial charge in [0.05, 0.1) is 24.2 Å². The van der Waals surface area contributed by atoms with Gasteiger partial charge in [-0.2, -0.15) is 0 Å². The highest BCUT2D eigenvalue weighted by molar-refractivity contribution is 5.96. The number of aryl methyl sites for hydroxylation is 2. The second kappa shape index (κ2) is 8.93. The third-order valence-electron chi connectivity index (χ3n) is 5.16. The molecule has 2 heterocycles. The number of para-hydroxylation sites is 2. The van der Waals surface area contributed by atoms with Gasteiger partial charge in [-0.25, -0.2) is 14.6 Å². The Morgan fingerprint density at radius 3 is 2.53 bits per heavy atom. The molecule has 0 saturated heterocycles. The van der Waals surface area contributed by atoms with Crippen LogP contribution in [0.25, 0.3) is 11.2 Å². The first kappa shape index (κ1) is 21.1. The monoisotopic (exact) mass is 433 g/mol. The SMILES string of the molecule is Cn1cnc2c1c(=O)n(CCCOC(=O)c1ccccc1Nc1ccccc1)c(=O)n2C. The van der Waals surface area contributed by atoms with E-state index in [1.54, 1.807) is 36.9 Å². The van der Waals surface area contributed by atoms with Crippen molar-refractivity contribution in [3.05, 3.63) is 87.3 Å². The highest BCUT2D eigenvalue weighted by Crippen LogP contribution is 2.21. The van der Waals surface area contributed by atoms with Crippen molar-refractivity contribution in [1.29, 1.82) is 0 Å². The van der Waals surface area contributed by atoms with Crippen molar-refractivity contribution < 1.29 is 9.53 Å². The van der Waals surface area contributed by atoms with Gasteiger partial charge in [0.15, 0.2) is 11.2 Å². The van der Waals surface area contributed by atoms with Gasteiger partial charge in [0.25, 0.3) is 5.56 Å². The maximum Gasteiger partial charge on any atom is 0.340 e. The molecular weight excluding hydrogens is 410 g/mol. The third-order valence-corrected chi connectivity index (χ3v) is 5.16. The van der Waals surface area contributed by atoms with E-state index in [4.69, 9.17) is 4.74 Å². The minimum atomic E-state index is -0.480. The van der Waals surface area contributed by atoms with Crippen molar-refractivity contribution in [3.63, 3.8) is 0 Å². The molecule has 0 fully saturated rings. The number of imidazole rings is 1. The van der Waals surface area contributed by atoms with Crippen LogP contribution in [0, 0.1) is 0 Å². The Hall–Kier alpha value is -4.14. The first-order valence-electron chi connectivity index (χ1n) is 10.2. The number of carbonyl (C=O) groups is 1. The van der Waals surface area contributed by atoms with Gasteiger partial charge in [0, 0.05) is 26.3 Å². The molecule has 0 aliphatic rings. The van der Waals surface area contributed by atoms with Crippen LogP contribution in [0.4, 0.5) is 11.4 Å². The van der Waals surface area contributed by atoms with Gasteiger partial charge in [-0.15, -0.1) is 0 Å². The minimum absolute atomic E-state index is 0.0670. The Kier molecular flexibility index (Phi) is 5.89. The first-order chi connectivity index (χ1) is 15.5. The Bertz CT molecular complexity index is 1390. The number of hydrogen-bond acceptors (Lipinski definition) is 6. The van der Waals surface area contributed by atoms with Crippen molar-refractivity contribution in [3.8, 4) is 0 Å². The second-order valence-corrected chi connectivity index (χ2v) is 7.35. The number of esters is 1. The fourth-order valence-corrected chi connectivity index (χ4v) is 3.51. The van der Waals surface area contributed by atoms with Gasteiger partial charge in [0.1, 0.15) is 0 Å². The zero-order chi connectivity index (χ0) is 22.7. The van der Waals surface area contributed by atoms with E-state index < -0.39 is 17.2 Å². The summed E-state index contributed by atoms with van der Waals surface area (Å²) in [5.41, 5.74) is 1.72. The lowest BCUT2D eigenvalue weighted by molar-refractivity contribution is 0.0496. The highest BCUT2D eigenvalue weighted by Gasteiger charge is 2.16. The number of ether oxygens (including phenoxy) is 1. The van der Waals surface area contributed by atoms with Gasteiger partial charge in [0.2, 0.25) is 0 Å². The van der Waals surface area contributed by atoms with Crippen LogP contribution >= 0.6 is 0 Å². The Balaban J connectivity index is 1.43. The molecule has 1 N–H and O–H groups in total. The average Bonchev–Trinajstić information content (AvgIpc) is 3.19. The predicted octanol–water partition coefficient (Wildman–Crippen LogP) is 2.42. The predicted molar refractivity (Wildman–Crippen MR) is 121 cm³/mol. The Labute approximate surface area is 183 Å². The van der Waals surface area contributed by atoms with Crippen molar-refractivity contribution in [2.75, 3.05) is 11.9 Å². The van der Waals surface area contributed by atoms with E-state index in [1.165, 1.54) is 10.9 Å². The third kappa shape index (κ3) is 4.04. The second-order valence-electron chi connectivity index (χ2n) is 7.35. The van der Waals surface area contributed by atoms with Crippen LogP contribution in [-0.4, -0.2) is 31.3 Å². The summed E-state index contributed by atoms with van der Waals surface area (Å²) in [6.07, 6.45) is 1.82. The number of rotatable bonds is 7. The fraction of sp³-hybridized carbons (Fsp3) is 0.217. The topological polar surface area (TPSA) is 100 Å². The molecular formula is C23H23N5O4. The van der Waals surface area contributed by atoms with Crippen LogP contribution < -0.4 is 16.6 Å². The van der Waals surface area contributed by atoms with Gasteiger partial charge in [-0.3, -0.25) is 13.9 Å². The highest BCUT2D eigenvalue weighted by atomic mass is 16.5. The van der Waals surface area contributed by atoms with Crippen LogP contribution in [0.3, 0.4) is 0 Å². The normalized spacial score (nSPS) is 10.9. The summed E-state index contributed by atoms with van der Waals surface area (Å²) in [4.78, 5) is 42.0. The molecule has 2 aromatic heterocycles. The average molecular weight is 433 g/mol. The maximum atomic E-state index is 12.7. The summed E-state index contributed by atoms with van der Waals surface area (Å²) in [5.74, 6) is -0.480. The summed E-state index contributed by atoms with van der Waals surface area (Å²) in [7, 11) is 3.28. The van der Waals surface area contributed by atoms with Gasteiger partial charge in [-0.05, 0) is 30.7 Å². The van der Waals surface area contributed by atoms with Crippen LogP contribution in [-0.2, 0) is 25.4 Å². The number of anilines is 2. The number of benzene rings is 2. The lowest BCUT2D eigenvalue weighted by atomic mass is 10.1. The van der Waals surface area contributed by atoms with Gasteiger partial charge in [-0.1, -0.05) is 30.3 Å². The molecule has 0 aliphatic carbocycles. The number of fused-ring (bicyclic) bond motifs is 1. The standard InChI is InChI=1S/C23H23N5O4/c1-26-15-24-20-19(26)21(29)28(23(31)27(20)2)13-8-14-32-22(30)17-11-6-7-12-18(17)25-16-9-4-3-5-10-16/h3-7,9-12,15,25H,8,13-14H2,1-2H3. The van der Waals surface area contributed by atoms with Crippen molar-refractivity contribution in [2.45, 2.75) is 13.0 Å². The quantitative estimate of drug-likeness (QED) is 0.355. The molecule has 0 aliphatic heterocycles. The van der Waals surface area contributed by atoms with E-state index in [0.717, 1.165) is 10.3 Å². The van der Waals surface area contributed by atoms with Crippen LogP contribution in [0.15, 0.2) is 70.5 Å². The smallest absolute Gasteiger partial charge is 0.340 e. The number of nitrogens with one attached hydrogen (secondary N) is 1. The molecule has 9 heteroatoms. The molecule has 0 radical (unpaired) electrons. The fourth-order valence-electron chi connectivity index (χ4n) is 3.51. The minimum Gasteiger partial charge on any atom is -0.462 e. The summed E-state index contributed by atoms with van der Waals surface area (Å²) in [5, 5.41) is 3.21. The van der Waals surface area contributed by atoms with Gasteiger partial charge >= 0.3 is 11.7 Å². The summed E-state index contributed by atoms with van der Waals surface area (Å²) in [6.45, 7) is 0.196. The van der Waals surface area contributed by atoms with E-state index >= 15 is 0 Å². The molecule has 0 amide bonds. The molecule has 0 bridgehead atoms. The molecule has 9 nitrogen and oxygen atoms in total. The lowest BCUT2D eigenvalue weighted by Crippen LogP contribution is -2.39. The van der Waals surface area contributed by atoms with E-state index in [1.807, 2.05) is 36.4 Å². The molecule has 32 heavy (non-hydrogen) atoms. The number of aromatic nitrogens is 4. The Morgan fingerprint density at radius 1 is 1.03 bits per heavy atom. The molecule has 0 unspecified atom stereocenters. The molecule has 0 atom stereocenters. The van der Waals surface area contributed by atoms with Crippen LogP contribution in [0.5, 0.6) is 0 Å². The molecule has 2 aromatic carbocycles. The molecule has 0 saturated carbocycles. The van der Waals surface area contributed by atoms with E-state index in [2.05, 4.69) is 10.3 Å². The molecule has 164 valence electrons. The van der Waals surface area contributed by atoms with E-state index in [9.17, 15) is 14.4 Å². The largest absolute Gasteiger partial charge is 0.462 e. The summed E-state index contributed by atoms with van der Waals surface area (Å²) >= 11 is 0. The van der Waals surface area contributed by atoms with Crippen LogP contribution in [0.2, 0.25) is 0 Å². The van der Waals surface area contributed by atoms with Crippen LogP contribution in [0.1, 0.15) is 16.8 Å². The summed E-state index contributed by atoms with van der Waals surface area (Å²) in [6, 6.07) is 16.6. The first-order valence-corrected chi connectivity index (χ1v) is 10.2.